The number of ether oxygens (including phenoxy) is 2. The zero-order valence-electron chi connectivity index (χ0n) is 14.7. The molecule has 0 aliphatic carbocycles. The SMILES string of the molecule is Cc1nn(-c2ccccc2)c(Cl)c1C(=O)N1CCC(C2OCCO2)CC1. The van der Waals surface area contributed by atoms with E-state index in [9.17, 15) is 4.79 Å². The molecule has 0 unspecified atom stereocenters. The van der Waals surface area contributed by atoms with Crippen LogP contribution in [0.2, 0.25) is 5.15 Å². The molecule has 2 aliphatic rings. The Morgan fingerprint density at radius 1 is 1.15 bits per heavy atom. The molecule has 2 fully saturated rings. The number of hydrogen-bond donors (Lipinski definition) is 0. The predicted octanol–water partition coefficient (Wildman–Crippen LogP) is 3.06. The van der Waals surface area contributed by atoms with Crippen molar-refractivity contribution in [3.63, 3.8) is 0 Å². The number of rotatable bonds is 3. The molecular formula is C19H22ClN3O3. The first-order valence-corrected chi connectivity index (χ1v) is 9.36. The summed E-state index contributed by atoms with van der Waals surface area (Å²) in [4.78, 5) is 14.9. The topological polar surface area (TPSA) is 56.6 Å². The van der Waals surface area contributed by atoms with Crippen molar-refractivity contribution in [3.8, 4) is 5.69 Å². The van der Waals surface area contributed by atoms with Crippen molar-refractivity contribution in [1.29, 1.82) is 0 Å². The van der Waals surface area contributed by atoms with E-state index >= 15 is 0 Å². The van der Waals surface area contributed by atoms with Gasteiger partial charge in [0.2, 0.25) is 0 Å². The molecule has 0 saturated carbocycles. The van der Waals surface area contributed by atoms with Gasteiger partial charge < -0.3 is 14.4 Å². The predicted molar refractivity (Wildman–Crippen MR) is 97.6 cm³/mol. The second-order valence-corrected chi connectivity index (χ2v) is 7.10. The lowest BCUT2D eigenvalue weighted by Gasteiger charge is -2.33. The number of nitrogens with zero attached hydrogens (tertiary/aromatic N) is 3. The highest BCUT2D eigenvalue weighted by Gasteiger charge is 2.33. The molecule has 7 heteroatoms. The minimum atomic E-state index is -0.113. The molecule has 0 spiro atoms. The Morgan fingerprint density at radius 2 is 1.81 bits per heavy atom. The third kappa shape index (κ3) is 3.24. The van der Waals surface area contributed by atoms with Crippen molar-refractivity contribution in [2.75, 3.05) is 26.3 Å². The van der Waals surface area contributed by atoms with Gasteiger partial charge in [0, 0.05) is 19.0 Å². The zero-order chi connectivity index (χ0) is 18.1. The van der Waals surface area contributed by atoms with E-state index in [-0.39, 0.29) is 12.2 Å². The summed E-state index contributed by atoms with van der Waals surface area (Å²) in [5, 5.41) is 4.84. The van der Waals surface area contributed by atoms with Gasteiger partial charge in [0.1, 0.15) is 5.15 Å². The van der Waals surface area contributed by atoms with Crippen molar-refractivity contribution >= 4 is 17.5 Å². The Hall–Kier alpha value is -1.89. The van der Waals surface area contributed by atoms with Gasteiger partial charge in [0.05, 0.1) is 30.2 Å². The van der Waals surface area contributed by atoms with Crippen LogP contribution in [0, 0.1) is 12.8 Å². The minimum absolute atomic E-state index is 0.0543. The van der Waals surface area contributed by atoms with Crippen LogP contribution in [0.25, 0.3) is 5.69 Å². The van der Waals surface area contributed by atoms with Gasteiger partial charge in [0.25, 0.3) is 5.91 Å². The minimum Gasteiger partial charge on any atom is -0.350 e. The Balaban J connectivity index is 1.49. The Labute approximate surface area is 157 Å². The van der Waals surface area contributed by atoms with Crippen LogP contribution < -0.4 is 0 Å². The van der Waals surface area contributed by atoms with Gasteiger partial charge in [-0.15, -0.1) is 0 Å². The van der Waals surface area contributed by atoms with Crippen LogP contribution in [0.3, 0.4) is 0 Å². The van der Waals surface area contributed by atoms with Crippen molar-refractivity contribution in [2.24, 2.45) is 5.92 Å². The third-order valence-corrected chi connectivity index (χ3v) is 5.43. The molecule has 3 heterocycles. The summed E-state index contributed by atoms with van der Waals surface area (Å²) < 4.78 is 12.8. The molecule has 2 saturated heterocycles. The van der Waals surface area contributed by atoms with Gasteiger partial charge in [0.15, 0.2) is 6.29 Å². The average Bonchev–Trinajstić information content (AvgIpc) is 3.30. The molecule has 0 atom stereocenters. The van der Waals surface area contributed by atoms with Gasteiger partial charge in [-0.3, -0.25) is 4.79 Å². The summed E-state index contributed by atoms with van der Waals surface area (Å²) in [6, 6.07) is 9.60. The highest BCUT2D eigenvalue weighted by Crippen LogP contribution is 2.29. The Kier molecular flexibility index (Phi) is 4.98. The smallest absolute Gasteiger partial charge is 0.258 e. The maximum Gasteiger partial charge on any atom is 0.258 e. The number of carbonyl (C=O) groups is 1. The number of carbonyl (C=O) groups excluding carboxylic acids is 1. The van der Waals surface area contributed by atoms with Gasteiger partial charge >= 0.3 is 0 Å². The van der Waals surface area contributed by atoms with Crippen LogP contribution in [0.1, 0.15) is 28.9 Å². The lowest BCUT2D eigenvalue weighted by molar-refractivity contribution is -0.0956. The molecule has 2 aromatic rings. The standard InChI is InChI=1S/C19H22ClN3O3/c1-13-16(17(20)23(21-13)15-5-3-2-4-6-15)18(24)22-9-7-14(8-10-22)19-25-11-12-26-19/h2-6,14,19H,7-12H2,1H3. The first-order valence-electron chi connectivity index (χ1n) is 8.98. The lowest BCUT2D eigenvalue weighted by Crippen LogP contribution is -2.41. The number of aryl methyl sites for hydroxylation is 1. The van der Waals surface area contributed by atoms with Crippen LogP contribution in [0.15, 0.2) is 30.3 Å². The first-order chi connectivity index (χ1) is 12.6. The van der Waals surface area contributed by atoms with Crippen LogP contribution in [0.5, 0.6) is 0 Å². The van der Waals surface area contributed by atoms with E-state index in [0.717, 1.165) is 18.5 Å². The van der Waals surface area contributed by atoms with Crippen molar-refractivity contribution < 1.29 is 14.3 Å². The first kappa shape index (κ1) is 17.5. The molecule has 1 aromatic heterocycles. The average molecular weight is 376 g/mol. The molecule has 1 amide bonds. The van der Waals surface area contributed by atoms with E-state index in [1.165, 1.54) is 0 Å². The van der Waals surface area contributed by atoms with E-state index < -0.39 is 0 Å². The number of para-hydroxylation sites is 1. The summed E-state index contributed by atoms with van der Waals surface area (Å²) in [6.07, 6.45) is 1.64. The summed E-state index contributed by atoms with van der Waals surface area (Å²) in [5.41, 5.74) is 1.98. The normalized spacial score (nSPS) is 19.2. The summed E-state index contributed by atoms with van der Waals surface area (Å²) >= 11 is 6.52. The number of likely N-dealkylation sites (tertiary alicyclic amines) is 1. The van der Waals surface area contributed by atoms with E-state index in [4.69, 9.17) is 21.1 Å². The molecule has 0 N–H and O–H groups in total. The monoisotopic (exact) mass is 375 g/mol. The maximum atomic E-state index is 13.0. The largest absolute Gasteiger partial charge is 0.350 e. The maximum absolute atomic E-state index is 13.0. The molecule has 4 rings (SSSR count). The van der Waals surface area contributed by atoms with Gasteiger partial charge in [-0.25, -0.2) is 4.68 Å². The highest BCUT2D eigenvalue weighted by molar-refractivity contribution is 6.33. The van der Waals surface area contributed by atoms with Crippen molar-refractivity contribution in [2.45, 2.75) is 26.1 Å². The van der Waals surface area contributed by atoms with Crippen LogP contribution in [-0.4, -0.2) is 53.2 Å². The van der Waals surface area contributed by atoms with E-state index in [2.05, 4.69) is 5.10 Å². The fraction of sp³-hybridized carbons (Fsp3) is 0.474. The molecule has 138 valence electrons. The van der Waals surface area contributed by atoms with Crippen molar-refractivity contribution in [1.82, 2.24) is 14.7 Å². The fourth-order valence-corrected chi connectivity index (χ4v) is 4.02. The molecule has 1 aromatic carbocycles. The molecule has 26 heavy (non-hydrogen) atoms. The second-order valence-electron chi connectivity index (χ2n) is 6.74. The molecule has 2 aliphatic heterocycles. The zero-order valence-corrected chi connectivity index (χ0v) is 15.5. The fourth-order valence-electron chi connectivity index (χ4n) is 3.66. The molecule has 0 bridgehead atoms. The van der Waals surface area contributed by atoms with Gasteiger partial charge in [-0.05, 0) is 31.9 Å². The highest BCUT2D eigenvalue weighted by atomic mass is 35.5. The van der Waals surface area contributed by atoms with Gasteiger partial charge in [-0.1, -0.05) is 29.8 Å². The number of hydrogen-bond acceptors (Lipinski definition) is 4. The number of piperidine rings is 1. The summed E-state index contributed by atoms with van der Waals surface area (Å²) in [6.45, 7) is 4.51. The van der Waals surface area contributed by atoms with Gasteiger partial charge in [-0.2, -0.15) is 5.10 Å². The number of amides is 1. The van der Waals surface area contributed by atoms with E-state index in [1.807, 2.05) is 42.2 Å². The lowest BCUT2D eigenvalue weighted by atomic mass is 9.95. The number of halogens is 1. The third-order valence-electron chi connectivity index (χ3n) is 5.08. The number of aromatic nitrogens is 2. The Bertz CT molecular complexity index is 779. The quantitative estimate of drug-likeness (QED) is 0.827. The molecule has 0 radical (unpaired) electrons. The van der Waals surface area contributed by atoms with Crippen LogP contribution in [0.4, 0.5) is 0 Å². The number of benzene rings is 1. The van der Waals surface area contributed by atoms with Crippen molar-refractivity contribution in [3.05, 3.63) is 46.7 Å². The molecular weight excluding hydrogens is 354 g/mol. The van der Waals surface area contributed by atoms with E-state index in [0.29, 0.717) is 48.6 Å². The van der Waals surface area contributed by atoms with Crippen LogP contribution >= 0.6 is 11.6 Å². The van der Waals surface area contributed by atoms with E-state index in [1.54, 1.807) is 4.68 Å². The molecule has 6 nitrogen and oxygen atoms in total. The summed E-state index contributed by atoms with van der Waals surface area (Å²) in [5.74, 6) is 0.298. The van der Waals surface area contributed by atoms with Crippen LogP contribution in [-0.2, 0) is 9.47 Å². The second kappa shape index (κ2) is 7.39. The summed E-state index contributed by atoms with van der Waals surface area (Å²) in [7, 11) is 0. The Morgan fingerprint density at radius 3 is 2.46 bits per heavy atom.